The Morgan fingerprint density at radius 3 is 2.00 bits per heavy atom. The van der Waals surface area contributed by atoms with Gasteiger partial charge in [-0.15, -0.1) is 0 Å². The minimum atomic E-state index is -5.32. The molecule has 0 aliphatic carbocycles. The zero-order valence-electron chi connectivity index (χ0n) is 15.7. The molecule has 0 fully saturated rings. The first-order valence-electron chi connectivity index (χ1n) is 8.09. The monoisotopic (exact) mass is 613 g/mol. The van der Waals surface area contributed by atoms with Crippen molar-refractivity contribution in [2.75, 3.05) is 11.9 Å². The first kappa shape index (κ1) is 26.6. The molecule has 0 aliphatic heterocycles. The summed E-state index contributed by atoms with van der Waals surface area (Å²) in [6, 6.07) is 1.94. The van der Waals surface area contributed by atoms with Gasteiger partial charge in [-0.2, -0.15) is 30.7 Å². The van der Waals surface area contributed by atoms with Gasteiger partial charge < -0.3 is 9.64 Å². The third-order valence-electron chi connectivity index (χ3n) is 3.99. The smallest absolute Gasteiger partial charge is 0.427 e. The lowest BCUT2D eigenvalue weighted by Crippen LogP contribution is -2.33. The van der Waals surface area contributed by atoms with Crippen LogP contribution in [0.3, 0.4) is 0 Å². The second kappa shape index (κ2) is 9.28. The molecule has 0 amide bonds. The number of nitro benzene ring substituents is 2. The van der Waals surface area contributed by atoms with Crippen LogP contribution in [-0.4, -0.2) is 29.4 Å². The molecule has 0 atom stereocenters. The summed E-state index contributed by atoms with van der Waals surface area (Å²) in [5.41, 5.74) is -5.95. The lowest BCUT2D eigenvalue weighted by molar-refractivity contribution is -0.394. The maximum absolute atomic E-state index is 13.7. The van der Waals surface area contributed by atoms with Crippen LogP contribution in [0.25, 0.3) is 0 Å². The molecule has 0 aromatic heterocycles. The number of alkyl halides is 7. The first-order valence-corrected chi connectivity index (χ1v) is 9.67. The topological polar surface area (TPSA) is 98.8 Å². The van der Waals surface area contributed by atoms with Crippen molar-refractivity contribution in [3.8, 4) is 5.75 Å². The second-order valence-corrected chi connectivity index (χ2v) is 7.84. The summed E-state index contributed by atoms with van der Waals surface area (Å²) < 4.78 is 96.3. The summed E-state index contributed by atoms with van der Waals surface area (Å²) in [7, 11) is 0.868. The maximum Gasteiger partial charge on any atom is 0.461 e. The zero-order valence-corrected chi connectivity index (χ0v) is 18.8. The van der Waals surface area contributed by atoms with Crippen molar-refractivity contribution in [2.24, 2.45) is 0 Å². The Kier molecular flexibility index (Phi) is 7.47. The van der Waals surface area contributed by atoms with Crippen molar-refractivity contribution in [1.82, 2.24) is 0 Å². The Bertz CT molecular complexity index is 1110. The molecule has 0 heterocycles. The van der Waals surface area contributed by atoms with Gasteiger partial charge >= 0.3 is 18.7 Å². The number of nitro groups is 2. The van der Waals surface area contributed by atoms with Gasteiger partial charge in [0.1, 0.15) is 11.4 Å². The van der Waals surface area contributed by atoms with Crippen LogP contribution in [0.2, 0.25) is 0 Å². The van der Waals surface area contributed by atoms with E-state index in [2.05, 4.69) is 36.6 Å². The fraction of sp³-hybridized carbons (Fsp3) is 0.250. The van der Waals surface area contributed by atoms with Crippen LogP contribution in [0.15, 0.2) is 33.2 Å². The molecule has 0 N–H and O–H groups in total. The summed E-state index contributed by atoms with van der Waals surface area (Å²) in [6.07, 6.45) is -14.5. The van der Waals surface area contributed by atoms with E-state index in [-0.39, 0.29) is 21.1 Å². The van der Waals surface area contributed by atoms with Crippen LogP contribution in [-0.2, 0) is 6.18 Å². The molecule has 2 rings (SSSR count). The van der Waals surface area contributed by atoms with E-state index < -0.39 is 62.6 Å². The fourth-order valence-corrected chi connectivity index (χ4v) is 3.92. The average Bonchev–Trinajstić information content (AvgIpc) is 2.67. The molecule has 0 radical (unpaired) electrons. The number of nitrogens with zero attached hydrogens (tertiary/aromatic N) is 3. The normalized spacial score (nSPS) is 12.1. The number of rotatable bonds is 7. The maximum atomic E-state index is 13.7. The number of hydrogen-bond acceptors (Lipinski definition) is 6. The molecule has 17 heteroatoms. The van der Waals surface area contributed by atoms with E-state index in [0.29, 0.717) is 11.0 Å². The third kappa shape index (κ3) is 5.63. The first-order chi connectivity index (χ1) is 15.0. The quantitative estimate of drug-likeness (QED) is 0.188. The molecule has 0 bridgehead atoms. The lowest BCUT2D eigenvalue weighted by Gasteiger charge is -2.26. The predicted octanol–water partition coefficient (Wildman–Crippen LogP) is 7.05. The molecule has 2 aromatic carbocycles. The molecule has 0 spiro atoms. The van der Waals surface area contributed by atoms with Gasteiger partial charge in [0.25, 0.3) is 11.4 Å². The number of hydrogen-bond donors (Lipinski definition) is 0. The largest absolute Gasteiger partial charge is 0.461 e. The van der Waals surface area contributed by atoms with Gasteiger partial charge in [-0.1, -0.05) is 0 Å². The summed E-state index contributed by atoms with van der Waals surface area (Å²) in [5, 5.41) is 22.4. The van der Waals surface area contributed by atoms with E-state index in [1.54, 1.807) is 0 Å². The van der Waals surface area contributed by atoms with Gasteiger partial charge in [-0.05, 0) is 37.9 Å². The van der Waals surface area contributed by atoms with E-state index >= 15 is 0 Å². The summed E-state index contributed by atoms with van der Waals surface area (Å²) in [5.74, 6) is -0.927. The van der Waals surface area contributed by atoms with E-state index in [9.17, 15) is 51.0 Å². The van der Waals surface area contributed by atoms with Crippen molar-refractivity contribution < 1.29 is 45.3 Å². The number of anilines is 2. The fourth-order valence-electron chi connectivity index (χ4n) is 2.58. The van der Waals surface area contributed by atoms with Gasteiger partial charge in [0.15, 0.2) is 0 Å². The van der Waals surface area contributed by atoms with Gasteiger partial charge in [-0.3, -0.25) is 20.2 Å². The van der Waals surface area contributed by atoms with Crippen LogP contribution < -0.4 is 9.64 Å². The van der Waals surface area contributed by atoms with Crippen molar-refractivity contribution in [2.45, 2.75) is 18.7 Å². The Balaban J connectivity index is 2.80. The SMILES string of the molecule is CN(c1cc(OC(F)(F)C(F)F)c(Br)cc1Br)c1c([N+](=O)[O-])cc([N+](=O)[O-])cc1C(F)(F)F. The average molecular weight is 615 g/mol. The minimum Gasteiger partial charge on any atom is -0.427 e. The number of benzene rings is 2. The highest BCUT2D eigenvalue weighted by atomic mass is 79.9. The third-order valence-corrected chi connectivity index (χ3v) is 5.24. The lowest BCUT2D eigenvalue weighted by atomic mass is 10.1. The number of ether oxygens (including phenoxy) is 1. The highest BCUT2D eigenvalue weighted by Crippen LogP contribution is 2.48. The molecule has 180 valence electrons. The van der Waals surface area contributed by atoms with Crippen molar-refractivity contribution >= 4 is 54.6 Å². The Morgan fingerprint density at radius 2 is 1.55 bits per heavy atom. The van der Waals surface area contributed by atoms with Crippen LogP contribution in [0, 0.1) is 20.2 Å². The predicted molar refractivity (Wildman–Crippen MR) is 106 cm³/mol. The van der Waals surface area contributed by atoms with Gasteiger partial charge in [0.05, 0.1) is 31.6 Å². The van der Waals surface area contributed by atoms with Crippen molar-refractivity contribution in [1.29, 1.82) is 0 Å². The molecule has 0 saturated carbocycles. The van der Waals surface area contributed by atoms with E-state index in [1.807, 2.05) is 0 Å². The molecule has 0 aliphatic rings. The molecule has 33 heavy (non-hydrogen) atoms. The van der Waals surface area contributed by atoms with E-state index in [0.717, 1.165) is 13.1 Å². The molecular weight excluding hydrogens is 607 g/mol. The Morgan fingerprint density at radius 1 is 0.970 bits per heavy atom. The van der Waals surface area contributed by atoms with E-state index in [1.165, 1.54) is 0 Å². The van der Waals surface area contributed by atoms with Crippen molar-refractivity contribution in [3.05, 3.63) is 59.0 Å². The van der Waals surface area contributed by atoms with Gasteiger partial charge in [0, 0.05) is 23.7 Å². The molecule has 0 saturated heterocycles. The second-order valence-electron chi connectivity index (χ2n) is 6.13. The number of non-ortho nitro benzene ring substituents is 1. The van der Waals surface area contributed by atoms with Gasteiger partial charge in [-0.25, -0.2) is 0 Å². The van der Waals surface area contributed by atoms with Crippen LogP contribution in [0.5, 0.6) is 5.75 Å². The molecule has 2 aromatic rings. The van der Waals surface area contributed by atoms with E-state index in [4.69, 9.17) is 0 Å². The highest BCUT2D eigenvalue weighted by molar-refractivity contribution is 9.11. The van der Waals surface area contributed by atoms with Gasteiger partial charge in [0.2, 0.25) is 0 Å². The summed E-state index contributed by atoms with van der Waals surface area (Å²) in [4.78, 5) is 20.4. The Labute approximate surface area is 195 Å². The highest BCUT2D eigenvalue weighted by Gasteiger charge is 2.45. The molecule has 8 nitrogen and oxygen atoms in total. The molecular formula is C16H8Br2F7N3O5. The number of halogens is 9. The zero-order chi connectivity index (χ0) is 25.5. The molecule has 0 unspecified atom stereocenters. The standard InChI is InChI=1S/C16H8Br2F7N3O5/c1-26(10-5-12(9(18)4-8(10)17)33-16(24,25)14(19)20)13-7(15(21,22)23)2-6(27(29)30)3-11(13)28(31)32/h2-5,14H,1H3. The minimum absolute atomic E-state index is 0.0634. The van der Waals surface area contributed by atoms with Crippen LogP contribution >= 0.6 is 31.9 Å². The summed E-state index contributed by atoms with van der Waals surface area (Å²) in [6.45, 7) is 0. The summed E-state index contributed by atoms with van der Waals surface area (Å²) >= 11 is 5.72. The van der Waals surface area contributed by atoms with Crippen molar-refractivity contribution in [3.63, 3.8) is 0 Å². The van der Waals surface area contributed by atoms with Crippen LogP contribution in [0.4, 0.5) is 53.5 Å². The van der Waals surface area contributed by atoms with Crippen LogP contribution in [0.1, 0.15) is 5.56 Å². The Hall–Kier alpha value is -2.69.